The van der Waals surface area contributed by atoms with Crippen molar-refractivity contribution >= 4 is 16.9 Å². The molecule has 184 valence electrons. The van der Waals surface area contributed by atoms with E-state index in [0.29, 0.717) is 0 Å². The van der Waals surface area contributed by atoms with Crippen LogP contribution in [0, 0.1) is 11.3 Å². The van der Waals surface area contributed by atoms with E-state index in [1.54, 1.807) is 0 Å². The van der Waals surface area contributed by atoms with Gasteiger partial charge in [0.25, 0.3) is 5.89 Å². The number of rotatable bonds is 0. The number of ether oxygens (including phenoxy) is 1. The van der Waals surface area contributed by atoms with E-state index in [1.807, 2.05) is 0 Å². The highest BCUT2D eigenvalue weighted by Gasteiger charge is 2.38. The van der Waals surface area contributed by atoms with Crippen LogP contribution in [0.5, 0.6) is 5.75 Å². The summed E-state index contributed by atoms with van der Waals surface area (Å²) in [6, 6.07) is 7.75. The lowest BCUT2D eigenvalue weighted by Crippen LogP contribution is -2.12. The number of fused-ring (bicyclic) bond motifs is 8. The fourth-order valence-electron chi connectivity index (χ4n) is 4.17. The molecule has 0 spiro atoms. The molecule has 2 aromatic heterocycles. The predicted molar refractivity (Wildman–Crippen MR) is 109 cm³/mol. The van der Waals surface area contributed by atoms with Gasteiger partial charge in [0, 0.05) is 16.6 Å². The van der Waals surface area contributed by atoms with E-state index < -0.39 is 46.5 Å². The topological polar surface area (TPSA) is 93.9 Å². The second kappa shape index (κ2) is 8.11. The van der Waals surface area contributed by atoms with Crippen LogP contribution in [0.15, 0.2) is 40.9 Å². The Morgan fingerprint density at radius 2 is 1.78 bits per heavy atom. The molecule has 0 fully saturated rings. The van der Waals surface area contributed by atoms with Crippen LogP contribution in [-0.4, -0.2) is 20.7 Å². The Bertz CT molecular complexity index is 1560. The van der Waals surface area contributed by atoms with Crippen LogP contribution in [-0.2, 0) is 30.1 Å². The van der Waals surface area contributed by atoms with Crippen LogP contribution in [0.1, 0.15) is 34.6 Å². The van der Waals surface area contributed by atoms with Crippen molar-refractivity contribution in [2.24, 2.45) is 0 Å². The third kappa shape index (κ3) is 4.04. The van der Waals surface area contributed by atoms with Gasteiger partial charge in [0.1, 0.15) is 5.75 Å². The Balaban J connectivity index is 1.71. The number of halogens is 6. The first-order chi connectivity index (χ1) is 17.0. The minimum Gasteiger partial charge on any atom is -0.426 e. The van der Waals surface area contributed by atoms with E-state index in [1.165, 1.54) is 22.8 Å². The monoisotopic (exact) mass is 506 g/mol. The Kier molecular flexibility index (Phi) is 5.27. The molecule has 2 aromatic carbocycles. The molecule has 0 amide bonds. The van der Waals surface area contributed by atoms with Crippen LogP contribution in [0.2, 0.25) is 0 Å². The normalized spacial score (nSPS) is 14.3. The zero-order chi connectivity index (χ0) is 25.8. The van der Waals surface area contributed by atoms with E-state index in [-0.39, 0.29) is 47.6 Å². The fraction of sp³-hybridized carbons (Fsp3) is 0.217. The molecular weight excluding hydrogens is 494 g/mol. The first-order valence-corrected chi connectivity index (χ1v) is 10.3. The summed E-state index contributed by atoms with van der Waals surface area (Å²) in [5, 5.41) is 12.6. The van der Waals surface area contributed by atoms with Crippen molar-refractivity contribution in [3.05, 3.63) is 64.6 Å². The van der Waals surface area contributed by atoms with Crippen LogP contribution in [0.25, 0.3) is 22.4 Å². The van der Waals surface area contributed by atoms with Crippen molar-refractivity contribution in [2.75, 3.05) is 0 Å². The predicted octanol–water partition coefficient (Wildman–Crippen LogP) is 5.50. The molecule has 0 saturated heterocycles. The average Bonchev–Trinajstić information content (AvgIpc) is 3.40. The van der Waals surface area contributed by atoms with Gasteiger partial charge in [0.15, 0.2) is 5.82 Å². The van der Waals surface area contributed by atoms with E-state index in [2.05, 4.69) is 10.1 Å². The molecule has 13 heteroatoms. The lowest BCUT2D eigenvalue weighted by Gasteiger charge is -2.12. The van der Waals surface area contributed by atoms with E-state index in [4.69, 9.17) is 9.26 Å². The van der Waals surface area contributed by atoms with Gasteiger partial charge in [-0.2, -0.15) is 36.6 Å². The van der Waals surface area contributed by atoms with Gasteiger partial charge in [-0.1, -0.05) is 5.16 Å². The van der Waals surface area contributed by atoms with Crippen molar-refractivity contribution < 1.29 is 40.4 Å². The molecule has 5 rings (SSSR count). The molecule has 1 aliphatic rings. The van der Waals surface area contributed by atoms with Gasteiger partial charge in [-0.3, -0.25) is 4.79 Å². The van der Waals surface area contributed by atoms with Gasteiger partial charge in [-0.25, -0.2) is 0 Å². The zero-order valence-corrected chi connectivity index (χ0v) is 17.9. The first kappa shape index (κ1) is 23.4. The van der Waals surface area contributed by atoms with Gasteiger partial charge in [-0.05, 0) is 42.8 Å². The molecule has 0 unspecified atom stereocenters. The van der Waals surface area contributed by atoms with E-state index >= 15 is 0 Å². The van der Waals surface area contributed by atoms with Gasteiger partial charge in [-0.15, -0.1) is 0 Å². The Hall–Kier alpha value is -4.34. The second-order valence-electron chi connectivity index (χ2n) is 7.95. The number of alkyl halides is 6. The summed E-state index contributed by atoms with van der Waals surface area (Å²) in [4.78, 5) is 16.4. The van der Waals surface area contributed by atoms with Crippen molar-refractivity contribution in [1.29, 1.82) is 5.26 Å². The molecular formula is C23H12F6N4O3. The van der Waals surface area contributed by atoms with Gasteiger partial charge < -0.3 is 13.8 Å². The molecule has 0 N–H and O–H groups in total. The minimum atomic E-state index is -4.84. The molecule has 0 radical (unpaired) electrons. The number of nitriles is 1. The molecule has 36 heavy (non-hydrogen) atoms. The van der Waals surface area contributed by atoms with Crippen molar-refractivity contribution in [1.82, 2.24) is 14.7 Å². The summed E-state index contributed by atoms with van der Waals surface area (Å²) in [6.45, 7) is -0.262. The van der Waals surface area contributed by atoms with Gasteiger partial charge >= 0.3 is 18.3 Å². The zero-order valence-electron chi connectivity index (χ0n) is 17.9. The maximum absolute atomic E-state index is 13.8. The summed E-state index contributed by atoms with van der Waals surface area (Å²) >= 11 is 0. The molecule has 0 saturated carbocycles. The molecule has 0 aliphatic carbocycles. The smallest absolute Gasteiger partial charge is 0.418 e. The molecule has 7 nitrogen and oxygen atoms in total. The van der Waals surface area contributed by atoms with Crippen LogP contribution < -0.4 is 4.74 Å². The summed E-state index contributed by atoms with van der Waals surface area (Å²) in [5.74, 6) is -1.61. The maximum Gasteiger partial charge on any atom is 0.418 e. The Morgan fingerprint density at radius 3 is 2.47 bits per heavy atom. The maximum atomic E-state index is 13.8. The third-order valence-electron chi connectivity index (χ3n) is 5.69. The lowest BCUT2D eigenvalue weighted by molar-refractivity contribution is -0.137. The third-order valence-corrected chi connectivity index (χ3v) is 5.69. The molecule has 0 atom stereocenters. The van der Waals surface area contributed by atoms with Crippen molar-refractivity contribution in [2.45, 2.75) is 31.7 Å². The summed E-state index contributed by atoms with van der Waals surface area (Å²) < 4.78 is 93.8. The van der Waals surface area contributed by atoms with Crippen molar-refractivity contribution in [3.63, 3.8) is 0 Å². The van der Waals surface area contributed by atoms with E-state index in [0.717, 1.165) is 24.3 Å². The number of aromatic nitrogens is 3. The van der Waals surface area contributed by atoms with Crippen molar-refractivity contribution in [3.8, 4) is 23.3 Å². The second-order valence-corrected chi connectivity index (χ2v) is 7.95. The summed E-state index contributed by atoms with van der Waals surface area (Å²) in [7, 11) is 0. The average molecular weight is 506 g/mol. The standard InChI is InChI=1S/C23H12F6N4O3/c24-22(25,26)16-4-3-13-8-14(16)21-31-18(32-36-21)10-33-12(2-6-19(34)35-13)7-15-17(33)5-1-11(9-30)20(15)23(27,28)29/h1,3-5,7-8H,2,6,10H2. The molecule has 1 aliphatic heterocycles. The number of carbonyl (C=O) groups excluding carboxylic acids is 1. The number of aryl methyl sites for hydroxylation is 1. The summed E-state index contributed by atoms with van der Waals surface area (Å²) in [5.41, 5.74) is -2.98. The first-order valence-electron chi connectivity index (χ1n) is 10.3. The van der Waals surface area contributed by atoms with Crippen LogP contribution in [0.4, 0.5) is 26.3 Å². The fourth-order valence-corrected chi connectivity index (χ4v) is 4.17. The summed E-state index contributed by atoms with van der Waals surface area (Å²) in [6.07, 6.45) is -9.97. The number of esters is 1. The number of benzene rings is 2. The van der Waals surface area contributed by atoms with Gasteiger partial charge in [0.2, 0.25) is 0 Å². The highest BCUT2D eigenvalue weighted by atomic mass is 19.4. The Morgan fingerprint density at radius 1 is 1.00 bits per heavy atom. The highest BCUT2D eigenvalue weighted by Crippen LogP contribution is 2.40. The largest absolute Gasteiger partial charge is 0.426 e. The number of hydrogen-bond acceptors (Lipinski definition) is 6. The molecule has 4 bridgehead atoms. The number of carbonyl (C=O) groups is 1. The van der Waals surface area contributed by atoms with Crippen LogP contribution in [0.3, 0.4) is 0 Å². The molecule has 3 heterocycles. The number of hydrogen-bond donors (Lipinski definition) is 0. The minimum absolute atomic E-state index is 0.0646. The highest BCUT2D eigenvalue weighted by molar-refractivity contribution is 5.88. The van der Waals surface area contributed by atoms with Gasteiger partial charge in [0.05, 0.1) is 41.3 Å². The lowest BCUT2D eigenvalue weighted by atomic mass is 10.0. The van der Waals surface area contributed by atoms with Crippen LogP contribution >= 0.6 is 0 Å². The quantitative estimate of drug-likeness (QED) is 0.178. The molecule has 4 aromatic rings. The SMILES string of the molecule is N#Cc1ccc2c(cc3n2Cc2noc(n2)-c2cc(ccc2C(F)(F)F)OC(=O)CC3)c1C(F)(F)F. The number of nitrogens with zero attached hydrogens (tertiary/aromatic N) is 4. The Labute approximate surface area is 197 Å². The van der Waals surface area contributed by atoms with E-state index in [9.17, 15) is 36.4 Å².